The van der Waals surface area contributed by atoms with E-state index < -0.39 is 34.3 Å². The molecule has 3 aromatic rings. The van der Waals surface area contributed by atoms with E-state index in [9.17, 15) is 22.4 Å². The maximum atomic E-state index is 13.8. The van der Waals surface area contributed by atoms with Crippen molar-refractivity contribution in [2.24, 2.45) is 5.92 Å². The zero-order valence-corrected chi connectivity index (χ0v) is 23.9. The lowest BCUT2D eigenvalue weighted by atomic mass is 10.1. The van der Waals surface area contributed by atoms with E-state index in [0.29, 0.717) is 6.54 Å². The lowest BCUT2D eigenvalue weighted by Crippen LogP contribution is -2.51. The number of rotatable bonds is 11. The number of halogens is 2. The van der Waals surface area contributed by atoms with Crippen molar-refractivity contribution in [1.82, 2.24) is 10.2 Å². The molecule has 0 radical (unpaired) electrons. The summed E-state index contributed by atoms with van der Waals surface area (Å²) in [7, 11) is -4.24. The Hall–Kier alpha value is -3.24. The molecule has 0 spiro atoms. The topological polar surface area (TPSA) is 86.8 Å². The van der Waals surface area contributed by atoms with Gasteiger partial charge < -0.3 is 10.2 Å². The molecule has 0 aliphatic carbocycles. The molecule has 202 valence electrons. The van der Waals surface area contributed by atoms with Gasteiger partial charge in [-0.2, -0.15) is 0 Å². The van der Waals surface area contributed by atoms with Crippen molar-refractivity contribution in [1.29, 1.82) is 0 Å². The van der Waals surface area contributed by atoms with E-state index in [1.54, 1.807) is 37.3 Å². The molecule has 0 unspecified atom stereocenters. The highest BCUT2D eigenvalue weighted by molar-refractivity contribution is 9.10. The quantitative estimate of drug-likeness (QED) is 0.335. The highest BCUT2D eigenvalue weighted by Gasteiger charge is 2.32. The van der Waals surface area contributed by atoms with Crippen LogP contribution in [0.5, 0.6) is 0 Å². The first-order valence-electron chi connectivity index (χ1n) is 12.1. The minimum Gasteiger partial charge on any atom is -0.354 e. The van der Waals surface area contributed by atoms with Crippen molar-refractivity contribution in [2.45, 2.75) is 38.3 Å². The Morgan fingerprint density at radius 1 is 0.947 bits per heavy atom. The number of carbonyl (C=O) groups excluding carboxylic acids is 2. The van der Waals surface area contributed by atoms with Crippen LogP contribution in [0.3, 0.4) is 0 Å². The fourth-order valence-electron chi connectivity index (χ4n) is 3.72. The summed E-state index contributed by atoms with van der Waals surface area (Å²) in [6.07, 6.45) is 0. The Kier molecular flexibility index (Phi) is 10.0. The van der Waals surface area contributed by atoms with Gasteiger partial charge in [-0.3, -0.25) is 13.9 Å². The number of para-hydroxylation sites is 1. The lowest BCUT2D eigenvalue weighted by molar-refractivity contribution is -0.139. The summed E-state index contributed by atoms with van der Waals surface area (Å²) in [5, 5.41) is 2.85. The zero-order chi connectivity index (χ0) is 27.9. The van der Waals surface area contributed by atoms with Crippen LogP contribution in [-0.2, 0) is 26.2 Å². The average Bonchev–Trinajstić information content (AvgIpc) is 2.89. The molecule has 0 aliphatic heterocycles. The van der Waals surface area contributed by atoms with Crippen LogP contribution in [0.15, 0.2) is 88.2 Å². The smallest absolute Gasteiger partial charge is 0.264 e. The summed E-state index contributed by atoms with van der Waals surface area (Å²) in [6.45, 7) is 5.53. The van der Waals surface area contributed by atoms with Gasteiger partial charge in [0.2, 0.25) is 11.8 Å². The van der Waals surface area contributed by atoms with Gasteiger partial charge in [-0.15, -0.1) is 0 Å². The molecule has 2 amide bonds. The van der Waals surface area contributed by atoms with E-state index >= 15 is 0 Å². The van der Waals surface area contributed by atoms with E-state index in [2.05, 4.69) is 21.2 Å². The van der Waals surface area contributed by atoms with Crippen LogP contribution in [0.25, 0.3) is 0 Å². The van der Waals surface area contributed by atoms with E-state index in [4.69, 9.17) is 0 Å². The first-order valence-corrected chi connectivity index (χ1v) is 14.4. The predicted molar refractivity (Wildman–Crippen MR) is 149 cm³/mol. The van der Waals surface area contributed by atoms with Gasteiger partial charge in [0.1, 0.15) is 18.4 Å². The molecule has 0 saturated carbocycles. The van der Waals surface area contributed by atoms with Gasteiger partial charge in [0.15, 0.2) is 0 Å². The number of hydrogen-bond acceptors (Lipinski definition) is 4. The van der Waals surface area contributed by atoms with Crippen molar-refractivity contribution < 1.29 is 22.4 Å². The molecular weight excluding hydrogens is 573 g/mol. The number of nitrogens with zero attached hydrogens (tertiary/aromatic N) is 2. The number of anilines is 1. The Bertz CT molecular complexity index is 1350. The highest BCUT2D eigenvalue weighted by atomic mass is 79.9. The standard InChI is InChI=1S/C28H31BrFN3O4S/c1-20(2)17-31-28(35)21(3)32(18-22-8-7-9-23(29)16-22)27(34)19-33(25-10-5-4-6-11-25)38(36,37)26-14-12-24(30)13-15-26/h4-16,20-21H,17-19H2,1-3H3,(H,31,35)/t21-/m0/s1. The second kappa shape index (κ2) is 13.0. The van der Waals surface area contributed by atoms with Crippen molar-refractivity contribution >= 4 is 43.5 Å². The van der Waals surface area contributed by atoms with Gasteiger partial charge in [0.25, 0.3) is 10.0 Å². The fraction of sp³-hybridized carbons (Fsp3) is 0.286. The van der Waals surface area contributed by atoms with Gasteiger partial charge >= 0.3 is 0 Å². The minimum atomic E-state index is -4.24. The van der Waals surface area contributed by atoms with Crippen LogP contribution in [-0.4, -0.2) is 44.3 Å². The van der Waals surface area contributed by atoms with Crippen LogP contribution < -0.4 is 9.62 Å². The maximum Gasteiger partial charge on any atom is 0.264 e. The summed E-state index contributed by atoms with van der Waals surface area (Å²) in [4.78, 5) is 28.0. The molecule has 0 aromatic heterocycles. The summed E-state index contributed by atoms with van der Waals surface area (Å²) >= 11 is 3.43. The Balaban J connectivity index is 1.98. The van der Waals surface area contributed by atoms with Crippen LogP contribution in [0.2, 0.25) is 0 Å². The molecule has 7 nitrogen and oxygen atoms in total. The SMILES string of the molecule is CC(C)CNC(=O)[C@H](C)N(Cc1cccc(Br)c1)C(=O)CN(c1ccccc1)S(=O)(=O)c1ccc(F)cc1. The largest absolute Gasteiger partial charge is 0.354 e. The molecule has 10 heteroatoms. The Morgan fingerprint density at radius 2 is 1.61 bits per heavy atom. The molecule has 3 aromatic carbocycles. The molecule has 0 bridgehead atoms. The third-order valence-corrected chi connectivity index (χ3v) is 8.10. The maximum absolute atomic E-state index is 13.8. The second-order valence-corrected chi connectivity index (χ2v) is 12.0. The van der Waals surface area contributed by atoms with Crippen LogP contribution in [0.4, 0.5) is 10.1 Å². The van der Waals surface area contributed by atoms with Crippen LogP contribution in [0.1, 0.15) is 26.3 Å². The number of carbonyl (C=O) groups is 2. The summed E-state index contributed by atoms with van der Waals surface area (Å²) in [6, 6.07) is 19.1. The van der Waals surface area contributed by atoms with Gasteiger partial charge in [0, 0.05) is 17.6 Å². The van der Waals surface area contributed by atoms with Crippen molar-refractivity contribution in [3.8, 4) is 0 Å². The molecule has 1 N–H and O–H groups in total. The number of hydrogen-bond donors (Lipinski definition) is 1. The molecule has 1 atom stereocenters. The normalized spacial score (nSPS) is 12.2. The summed E-state index contributed by atoms with van der Waals surface area (Å²) in [5.41, 5.74) is 1.04. The van der Waals surface area contributed by atoms with Gasteiger partial charge in [-0.05, 0) is 66.9 Å². The Morgan fingerprint density at radius 3 is 2.21 bits per heavy atom. The van der Waals surface area contributed by atoms with E-state index in [-0.39, 0.29) is 29.0 Å². The monoisotopic (exact) mass is 603 g/mol. The van der Waals surface area contributed by atoms with Gasteiger partial charge in [-0.25, -0.2) is 12.8 Å². The number of amides is 2. The number of sulfonamides is 1. The molecule has 0 saturated heterocycles. The zero-order valence-electron chi connectivity index (χ0n) is 21.5. The van der Waals surface area contributed by atoms with Crippen LogP contribution >= 0.6 is 15.9 Å². The second-order valence-electron chi connectivity index (χ2n) is 9.27. The predicted octanol–water partition coefficient (Wildman–Crippen LogP) is 4.97. The highest BCUT2D eigenvalue weighted by Crippen LogP contribution is 2.25. The van der Waals surface area contributed by atoms with E-state index in [1.165, 1.54) is 4.90 Å². The first-order chi connectivity index (χ1) is 18.0. The van der Waals surface area contributed by atoms with E-state index in [0.717, 1.165) is 38.6 Å². The fourth-order valence-corrected chi connectivity index (χ4v) is 5.58. The Labute approximate surface area is 231 Å². The van der Waals surface area contributed by atoms with Crippen LogP contribution in [0, 0.1) is 11.7 Å². The van der Waals surface area contributed by atoms with Gasteiger partial charge in [0.05, 0.1) is 10.6 Å². The van der Waals surface area contributed by atoms with Crippen molar-refractivity contribution in [2.75, 3.05) is 17.4 Å². The van der Waals surface area contributed by atoms with Gasteiger partial charge in [-0.1, -0.05) is 60.1 Å². The average molecular weight is 605 g/mol. The van der Waals surface area contributed by atoms with Crippen molar-refractivity contribution in [3.63, 3.8) is 0 Å². The molecule has 0 heterocycles. The summed E-state index contributed by atoms with van der Waals surface area (Å²) < 4.78 is 42.6. The van der Waals surface area contributed by atoms with Crippen molar-refractivity contribution in [3.05, 3.63) is 94.7 Å². The first kappa shape index (κ1) is 29.3. The minimum absolute atomic E-state index is 0.0910. The third-order valence-electron chi connectivity index (χ3n) is 5.82. The number of benzene rings is 3. The molecular formula is C28H31BrFN3O4S. The number of nitrogens with one attached hydrogen (secondary N) is 1. The third kappa shape index (κ3) is 7.64. The lowest BCUT2D eigenvalue weighted by Gasteiger charge is -2.32. The molecule has 0 fully saturated rings. The summed E-state index contributed by atoms with van der Waals surface area (Å²) in [5.74, 6) is -1.26. The molecule has 3 rings (SSSR count). The molecule has 38 heavy (non-hydrogen) atoms. The van der Waals surface area contributed by atoms with E-state index in [1.807, 2.05) is 38.1 Å². The molecule has 0 aliphatic rings.